The molecule has 2 rings (SSSR count). The summed E-state index contributed by atoms with van der Waals surface area (Å²) in [5.74, 6) is 0. The SMILES string of the molecule is CCOC(=O)N1N=CCc2ccccc21. The second kappa shape index (κ2) is 4.13. The van der Waals surface area contributed by atoms with Crippen LogP contribution in [0, 0.1) is 0 Å². The lowest BCUT2D eigenvalue weighted by Crippen LogP contribution is -2.29. The number of carbonyl (C=O) groups is 1. The van der Waals surface area contributed by atoms with E-state index in [1.807, 2.05) is 24.3 Å². The van der Waals surface area contributed by atoms with Crippen LogP contribution in [-0.4, -0.2) is 18.9 Å². The van der Waals surface area contributed by atoms with E-state index in [0.717, 1.165) is 17.7 Å². The smallest absolute Gasteiger partial charge is 0.435 e. The third kappa shape index (κ3) is 1.83. The largest absolute Gasteiger partial charge is 0.448 e. The molecule has 0 spiro atoms. The molecule has 0 aromatic heterocycles. The molecule has 0 saturated heterocycles. The number of hydrazone groups is 1. The highest BCUT2D eigenvalue weighted by Crippen LogP contribution is 2.24. The van der Waals surface area contributed by atoms with Crippen LogP contribution in [0.15, 0.2) is 29.4 Å². The number of nitrogens with zero attached hydrogens (tertiary/aromatic N) is 2. The van der Waals surface area contributed by atoms with Crippen molar-refractivity contribution in [3.8, 4) is 0 Å². The van der Waals surface area contributed by atoms with Gasteiger partial charge in [0.05, 0.1) is 12.3 Å². The van der Waals surface area contributed by atoms with Gasteiger partial charge in [-0.05, 0) is 18.6 Å². The van der Waals surface area contributed by atoms with E-state index in [1.54, 1.807) is 13.1 Å². The number of para-hydroxylation sites is 1. The quantitative estimate of drug-likeness (QED) is 0.703. The minimum Gasteiger partial charge on any atom is -0.448 e. The number of fused-ring (bicyclic) bond motifs is 1. The number of amides is 1. The second-order valence-electron chi connectivity index (χ2n) is 3.14. The third-order valence-electron chi connectivity index (χ3n) is 2.17. The Balaban J connectivity index is 2.30. The fourth-order valence-electron chi connectivity index (χ4n) is 1.50. The summed E-state index contributed by atoms with van der Waals surface area (Å²) in [6, 6.07) is 7.67. The van der Waals surface area contributed by atoms with Crippen molar-refractivity contribution in [2.75, 3.05) is 11.6 Å². The van der Waals surface area contributed by atoms with Gasteiger partial charge < -0.3 is 4.74 Å². The van der Waals surface area contributed by atoms with Crippen molar-refractivity contribution in [2.45, 2.75) is 13.3 Å². The molecule has 0 bridgehead atoms. The molecule has 0 unspecified atom stereocenters. The molecular weight excluding hydrogens is 192 g/mol. The molecular formula is C11H12N2O2. The number of hydrogen-bond donors (Lipinski definition) is 0. The molecule has 1 aliphatic heterocycles. The van der Waals surface area contributed by atoms with Crippen molar-refractivity contribution in [2.24, 2.45) is 5.10 Å². The van der Waals surface area contributed by atoms with Crippen molar-refractivity contribution in [1.29, 1.82) is 0 Å². The van der Waals surface area contributed by atoms with E-state index >= 15 is 0 Å². The summed E-state index contributed by atoms with van der Waals surface area (Å²) in [6.07, 6.45) is 2.03. The van der Waals surface area contributed by atoms with E-state index < -0.39 is 6.09 Å². The molecule has 1 aliphatic rings. The monoisotopic (exact) mass is 204 g/mol. The zero-order valence-corrected chi connectivity index (χ0v) is 8.51. The fraction of sp³-hybridized carbons (Fsp3) is 0.273. The summed E-state index contributed by atoms with van der Waals surface area (Å²) >= 11 is 0. The van der Waals surface area contributed by atoms with E-state index in [2.05, 4.69) is 5.10 Å². The number of ether oxygens (including phenoxy) is 1. The molecule has 1 aromatic rings. The van der Waals surface area contributed by atoms with Crippen molar-refractivity contribution in [1.82, 2.24) is 0 Å². The van der Waals surface area contributed by atoms with Crippen LogP contribution in [0.3, 0.4) is 0 Å². The third-order valence-corrected chi connectivity index (χ3v) is 2.17. The van der Waals surface area contributed by atoms with Crippen molar-refractivity contribution < 1.29 is 9.53 Å². The Morgan fingerprint density at radius 2 is 2.33 bits per heavy atom. The normalized spacial score (nSPS) is 13.5. The zero-order chi connectivity index (χ0) is 10.7. The van der Waals surface area contributed by atoms with Gasteiger partial charge in [-0.15, -0.1) is 0 Å². The standard InChI is InChI=1S/C11H12N2O2/c1-2-15-11(14)13-10-6-4-3-5-9(10)7-8-12-13/h3-6,8H,2,7H2,1H3. The Labute approximate surface area is 88.2 Å². The minimum atomic E-state index is -0.430. The Kier molecular flexibility index (Phi) is 2.67. The minimum absolute atomic E-state index is 0.354. The van der Waals surface area contributed by atoms with Gasteiger partial charge in [-0.25, -0.2) is 4.79 Å². The first-order chi connectivity index (χ1) is 7.33. The highest BCUT2D eigenvalue weighted by molar-refractivity contribution is 5.92. The van der Waals surface area contributed by atoms with Crippen LogP contribution >= 0.6 is 0 Å². The molecule has 0 fully saturated rings. The van der Waals surface area contributed by atoms with Gasteiger partial charge in [-0.2, -0.15) is 10.1 Å². The van der Waals surface area contributed by atoms with Crippen LogP contribution in [0.1, 0.15) is 12.5 Å². The van der Waals surface area contributed by atoms with E-state index in [9.17, 15) is 4.79 Å². The zero-order valence-electron chi connectivity index (χ0n) is 8.51. The highest BCUT2D eigenvalue weighted by atomic mass is 16.6. The molecule has 0 radical (unpaired) electrons. The number of anilines is 1. The highest BCUT2D eigenvalue weighted by Gasteiger charge is 2.20. The molecule has 0 atom stereocenters. The van der Waals surface area contributed by atoms with Crippen molar-refractivity contribution >= 4 is 18.0 Å². The summed E-state index contributed by atoms with van der Waals surface area (Å²) in [5.41, 5.74) is 1.89. The molecule has 4 heteroatoms. The predicted octanol–water partition coefficient (Wildman–Crippen LogP) is 2.19. The number of benzene rings is 1. The van der Waals surface area contributed by atoms with E-state index in [4.69, 9.17) is 4.74 Å². The molecule has 1 amide bonds. The lowest BCUT2D eigenvalue weighted by Gasteiger charge is -2.21. The first kappa shape index (κ1) is 9.71. The average Bonchev–Trinajstić information content (AvgIpc) is 2.28. The topological polar surface area (TPSA) is 41.9 Å². The Morgan fingerprint density at radius 1 is 1.53 bits per heavy atom. The first-order valence-electron chi connectivity index (χ1n) is 4.90. The average molecular weight is 204 g/mol. The van der Waals surface area contributed by atoms with Crippen molar-refractivity contribution in [3.63, 3.8) is 0 Å². The predicted molar refractivity (Wildman–Crippen MR) is 58.1 cm³/mol. The maximum Gasteiger partial charge on any atom is 0.435 e. The number of carbonyl (C=O) groups excluding carboxylic acids is 1. The van der Waals surface area contributed by atoms with Gasteiger partial charge in [0.15, 0.2) is 0 Å². The molecule has 0 saturated carbocycles. The molecule has 0 aliphatic carbocycles. The van der Waals surface area contributed by atoms with Crippen LogP contribution < -0.4 is 5.01 Å². The molecule has 0 N–H and O–H groups in total. The van der Waals surface area contributed by atoms with Gasteiger partial charge in [-0.3, -0.25) is 0 Å². The van der Waals surface area contributed by atoms with Gasteiger partial charge in [0.25, 0.3) is 0 Å². The van der Waals surface area contributed by atoms with E-state index in [1.165, 1.54) is 5.01 Å². The first-order valence-corrected chi connectivity index (χ1v) is 4.90. The maximum atomic E-state index is 11.6. The van der Waals surface area contributed by atoms with Gasteiger partial charge in [-0.1, -0.05) is 18.2 Å². The molecule has 1 heterocycles. The summed E-state index contributed by atoms with van der Waals surface area (Å²) in [4.78, 5) is 11.6. The van der Waals surface area contributed by atoms with E-state index in [0.29, 0.717) is 6.61 Å². The molecule has 1 aromatic carbocycles. The molecule has 78 valence electrons. The fourth-order valence-corrected chi connectivity index (χ4v) is 1.50. The van der Waals surface area contributed by atoms with Crippen LogP contribution in [0.5, 0.6) is 0 Å². The number of hydrogen-bond acceptors (Lipinski definition) is 3. The molecule has 15 heavy (non-hydrogen) atoms. The summed E-state index contributed by atoms with van der Waals surface area (Å²) in [5, 5.41) is 5.32. The van der Waals surface area contributed by atoms with Gasteiger partial charge in [0.1, 0.15) is 0 Å². The molecule has 4 nitrogen and oxygen atoms in total. The van der Waals surface area contributed by atoms with E-state index in [-0.39, 0.29) is 0 Å². The summed E-state index contributed by atoms with van der Waals surface area (Å²) in [7, 11) is 0. The van der Waals surface area contributed by atoms with Gasteiger partial charge in [0.2, 0.25) is 0 Å². The lowest BCUT2D eigenvalue weighted by atomic mass is 10.1. The summed E-state index contributed by atoms with van der Waals surface area (Å²) in [6.45, 7) is 2.13. The Morgan fingerprint density at radius 3 is 3.13 bits per heavy atom. The van der Waals surface area contributed by atoms with Crippen LogP contribution in [0.25, 0.3) is 0 Å². The lowest BCUT2D eigenvalue weighted by molar-refractivity contribution is 0.160. The summed E-state index contributed by atoms with van der Waals surface area (Å²) < 4.78 is 4.91. The van der Waals surface area contributed by atoms with Gasteiger partial charge >= 0.3 is 6.09 Å². The Bertz CT molecular complexity index is 401. The van der Waals surface area contributed by atoms with Gasteiger partial charge in [0, 0.05) is 12.6 Å². The maximum absolute atomic E-state index is 11.6. The second-order valence-corrected chi connectivity index (χ2v) is 3.14. The van der Waals surface area contributed by atoms with Crippen LogP contribution in [0.4, 0.5) is 10.5 Å². The van der Waals surface area contributed by atoms with Crippen molar-refractivity contribution in [3.05, 3.63) is 29.8 Å². The van der Waals surface area contributed by atoms with Crippen LogP contribution in [-0.2, 0) is 11.2 Å². The number of rotatable bonds is 1. The Hall–Kier alpha value is -1.84. The van der Waals surface area contributed by atoms with Crippen LogP contribution in [0.2, 0.25) is 0 Å².